The molecule has 1 unspecified atom stereocenters. The third-order valence-electron chi connectivity index (χ3n) is 4.22. The van der Waals surface area contributed by atoms with Gasteiger partial charge in [0, 0.05) is 36.7 Å². The molecule has 27 heavy (non-hydrogen) atoms. The van der Waals surface area contributed by atoms with Crippen molar-refractivity contribution in [1.82, 2.24) is 15.7 Å². The molecule has 0 spiro atoms. The number of morpholine rings is 1. The van der Waals surface area contributed by atoms with Crippen molar-refractivity contribution in [3.8, 4) is 11.8 Å². The number of hydroxylamine groups is 1. The average Bonchev–Trinajstić information content (AvgIpc) is 2.64. The van der Waals surface area contributed by atoms with E-state index in [0.29, 0.717) is 13.2 Å². The lowest BCUT2D eigenvalue weighted by Gasteiger charge is -2.28. The summed E-state index contributed by atoms with van der Waals surface area (Å²) in [5.74, 6) is 3.91. The molecule has 1 aliphatic heterocycles. The Balaban J connectivity index is 2.09. The van der Waals surface area contributed by atoms with Crippen LogP contribution in [0.1, 0.15) is 25.0 Å². The lowest BCUT2D eigenvalue weighted by Crippen LogP contribution is -2.61. The third-order valence-corrected chi connectivity index (χ3v) is 4.22. The van der Waals surface area contributed by atoms with E-state index in [1.807, 2.05) is 24.3 Å². The molecule has 1 aromatic rings. The van der Waals surface area contributed by atoms with Crippen LogP contribution in [0, 0.1) is 11.8 Å². The molecular formula is C19H26N4O4. The normalized spacial score (nSPS) is 16.0. The molecule has 1 saturated heterocycles. The van der Waals surface area contributed by atoms with Gasteiger partial charge in [-0.3, -0.25) is 19.7 Å². The highest BCUT2D eigenvalue weighted by Gasteiger charge is 2.32. The number of hydrogen-bond donors (Lipinski definition) is 4. The zero-order chi connectivity index (χ0) is 19.9. The molecule has 1 aliphatic rings. The standard InChI is InChI=1S/C19H26N4O4/c1-19(2,20)17(18(25)22-26)21-16(24)8-7-14-5-3-4-6-15(14)13-23-9-11-27-12-10-23/h3-6,17,26H,9-13,20H2,1-2H3,(H,21,24)(H,22,25). The Hall–Kier alpha value is -2.44. The van der Waals surface area contributed by atoms with Gasteiger partial charge >= 0.3 is 0 Å². The van der Waals surface area contributed by atoms with E-state index in [-0.39, 0.29) is 0 Å². The molecule has 5 N–H and O–H groups in total. The molecule has 1 heterocycles. The van der Waals surface area contributed by atoms with Gasteiger partial charge in [0.05, 0.1) is 13.2 Å². The zero-order valence-electron chi connectivity index (χ0n) is 15.6. The Morgan fingerprint density at radius 1 is 1.33 bits per heavy atom. The van der Waals surface area contributed by atoms with Gasteiger partial charge in [-0.25, -0.2) is 5.48 Å². The van der Waals surface area contributed by atoms with Crippen molar-refractivity contribution in [2.45, 2.75) is 32.0 Å². The summed E-state index contributed by atoms with van der Waals surface area (Å²) in [6, 6.07) is 6.49. The summed E-state index contributed by atoms with van der Waals surface area (Å²) < 4.78 is 5.36. The number of rotatable bonds is 5. The monoisotopic (exact) mass is 374 g/mol. The highest BCUT2D eigenvalue weighted by molar-refractivity contribution is 5.97. The first-order chi connectivity index (χ1) is 12.8. The highest BCUT2D eigenvalue weighted by Crippen LogP contribution is 2.12. The van der Waals surface area contributed by atoms with Crippen LogP contribution in [0.4, 0.5) is 0 Å². The molecule has 1 atom stereocenters. The molecule has 146 valence electrons. The molecule has 0 aliphatic carbocycles. The topological polar surface area (TPSA) is 117 Å². The van der Waals surface area contributed by atoms with Crippen LogP contribution < -0.4 is 16.5 Å². The van der Waals surface area contributed by atoms with E-state index in [1.165, 1.54) is 5.48 Å². The largest absolute Gasteiger partial charge is 0.379 e. The van der Waals surface area contributed by atoms with Gasteiger partial charge in [-0.1, -0.05) is 24.1 Å². The quantitative estimate of drug-likeness (QED) is 0.316. The number of nitrogens with one attached hydrogen (secondary N) is 2. The second-order valence-corrected chi connectivity index (χ2v) is 7.00. The van der Waals surface area contributed by atoms with E-state index >= 15 is 0 Å². The van der Waals surface area contributed by atoms with Crippen molar-refractivity contribution in [2.75, 3.05) is 26.3 Å². The van der Waals surface area contributed by atoms with E-state index in [0.717, 1.165) is 30.8 Å². The Bertz CT molecular complexity index is 727. The fraction of sp³-hybridized carbons (Fsp3) is 0.474. The fourth-order valence-electron chi connectivity index (χ4n) is 2.73. The second kappa shape index (κ2) is 9.48. The van der Waals surface area contributed by atoms with E-state index in [2.05, 4.69) is 22.1 Å². The van der Waals surface area contributed by atoms with E-state index in [4.69, 9.17) is 15.7 Å². The Labute approximate surface area is 159 Å². The van der Waals surface area contributed by atoms with Gasteiger partial charge < -0.3 is 15.8 Å². The number of carbonyl (C=O) groups is 2. The smallest absolute Gasteiger partial charge is 0.296 e. The van der Waals surface area contributed by atoms with Crippen molar-refractivity contribution < 1.29 is 19.5 Å². The number of nitrogens with two attached hydrogens (primary N) is 1. The fourth-order valence-corrected chi connectivity index (χ4v) is 2.73. The van der Waals surface area contributed by atoms with E-state index in [9.17, 15) is 9.59 Å². The average molecular weight is 374 g/mol. The third kappa shape index (κ3) is 6.34. The summed E-state index contributed by atoms with van der Waals surface area (Å²) in [6.45, 7) is 6.98. The molecule has 0 radical (unpaired) electrons. The van der Waals surface area contributed by atoms with Crippen LogP contribution >= 0.6 is 0 Å². The van der Waals surface area contributed by atoms with Gasteiger partial charge in [0.15, 0.2) is 0 Å². The van der Waals surface area contributed by atoms with E-state index in [1.54, 1.807) is 13.8 Å². The molecule has 0 bridgehead atoms. The molecule has 8 nitrogen and oxygen atoms in total. The lowest BCUT2D eigenvalue weighted by molar-refractivity contribution is -0.135. The predicted octanol–water partition coefficient (Wildman–Crippen LogP) is -0.402. The van der Waals surface area contributed by atoms with Crippen LogP contribution in [0.2, 0.25) is 0 Å². The number of hydrogen-bond acceptors (Lipinski definition) is 6. The number of ether oxygens (including phenoxy) is 1. The summed E-state index contributed by atoms with van der Waals surface area (Å²) in [7, 11) is 0. The summed E-state index contributed by atoms with van der Waals surface area (Å²) in [4.78, 5) is 26.2. The van der Waals surface area contributed by atoms with Gasteiger partial charge in [0.2, 0.25) is 0 Å². The van der Waals surface area contributed by atoms with Gasteiger partial charge in [0.25, 0.3) is 11.8 Å². The van der Waals surface area contributed by atoms with Crippen LogP contribution in [0.3, 0.4) is 0 Å². The maximum Gasteiger partial charge on any atom is 0.296 e. The van der Waals surface area contributed by atoms with Crippen molar-refractivity contribution in [1.29, 1.82) is 0 Å². The number of carbonyl (C=O) groups excluding carboxylic acids is 2. The minimum Gasteiger partial charge on any atom is -0.379 e. The van der Waals surface area contributed by atoms with Gasteiger partial charge in [-0.2, -0.15) is 0 Å². The first-order valence-electron chi connectivity index (χ1n) is 8.74. The summed E-state index contributed by atoms with van der Waals surface area (Å²) in [5, 5.41) is 11.3. The van der Waals surface area contributed by atoms with Crippen LogP contribution in [-0.4, -0.2) is 59.8 Å². The zero-order valence-corrected chi connectivity index (χ0v) is 15.6. The molecule has 1 aromatic carbocycles. The second-order valence-electron chi connectivity index (χ2n) is 7.00. The first-order valence-corrected chi connectivity index (χ1v) is 8.74. The van der Waals surface area contributed by atoms with Gasteiger partial charge in [-0.05, 0) is 25.5 Å². The van der Waals surface area contributed by atoms with Crippen LogP contribution in [0.15, 0.2) is 24.3 Å². The summed E-state index contributed by atoms with van der Waals surface area (Å²) in [5.41, 5.74) is 8.09. The SMILES string of the molecule is CC(C)(N)C(NC(=O)C#Cc1ccccc1CN1CCOCC1)C(=O)NO. The first kappa shape index (κ1) is 20.9. The maximum atomic E-state index is 12.2. The molecule has 0 aromatic heterocycles. The lowest BCUT2D eigenvalue weighted by atomic mass is 9.95. The van der Waals surface area contributed by atoms with Gasteiger partial charge in [0.1, 0.15) is 6.04 Å². The minimum absolute atomic E-state index is 0.650. The highest BCUT2D eigenvalue weighted by atomic mass is 16.5. The summed E-state index contributed by atoms with van der Waals surface area (Å²) >= 11 is 0. The minimum atomic E-state index is -1.12. The molecule has 8 heteroatoms. The van der Waals surface area contributed by atoms with Gasteiger partial charge in [-0.15, -0.1) is 0 Å². The Kier molecular flexibility index (Phi) is 7.33. The van der Waals surface area contributed by atoms with Crippen molar-refractivity contribution in [3.05, 3.63) is 35.4 Å². The van der Waals surface area contributed by atoms with Crippen molar-refractivity contribution >= 4 is 11.8 Å². The molecule has 1 fully saturated rings. The number of amides is 2. The van der Waals surface area contributed by atoms with Crippen LogP contribution in [-0.2, 0) is 20.9 Å². The van der Waals surface area contributed by atoms with Crippen LogP contribution in [0.5, 0.6) is 0 Å². The number of benzene rings is 1. The Morgan fingerprint density at radius 2 is 2.00 bits per heavy atom. The molecule has 0 saturated carbocycles. The summed E-state index contributed by atoms with van der Waals surface area (Å²) in [6.07, 6.45) is 0. The Morgan fingerprint density at radius 3 is 2.63 bits per heavy atom. The van der Waals surface area contributed by atoms with Crippen LogP contribution in [0.25, 0.3) is 0 Å². The number of nitrogens with zero attached hydrogens (tertiary/aromatic N) is 1. The van der Waals surface area contributed by atoms with Crippen molar-refractivity contribution in [3.63, 3.8) is 0 Å². The predicted molar refractivity (Wildman–Crippen MR) is 99.5 cm³/mol. The van der Waals surface area contributed by atoms with E-state index < -0.39 is 23.4 Å². The van der Waals surface area contributed by atoms with Crippen molar-refractivity contribution in [2.24, 2.45) is 5.73 Å². The molecular weight excluding hydrogens is 348 g/mol. The molecule has 2 amide bonds. The molecule has 2 rings (SSSR count). The maximum absolute atomic E-state index is 12.2.